The third-order valence-electron chi connectivity index (χ3n) is 3.65. The van der Waals surface area contributed by atoms with Crippen molar-refractivity contribution >= 4 is 35.1 Å². The van der Waals surface area contributed by atoms with Crippen LogP contribution in [0.4, 0.5) is 5.69 Å². The minimum atomic E-state index is -0.509. The summed E-state index contributed by atoms with van der Waals surface area (Å²) in [6.07, 6.45) is 0.308. The number of carbonyl (C=O) groups is 3. The van der Waals surface area contributed by atoms with E-state index in [2.05, 4.69) is 15.4 Å². The smallest absolute Gasteiger partial charge is 0.325 e. The number of halogens is 1. The molecule has 0 saturated carbocycles. The Labute approximate surface area is 168 Å². The van der Waals surface area contributed by atoms with E-state index >= 15 is 0 Å². The maximum atomic E-state index is 12.0. The van der Waals surface area contributed by atoms with E-state index in [4.69, 9.17) is 16.3 Å². The van der Waals surface area contributed by atoms with Crippen molar-refractivity contribution in [1.29, 1.82) is 0 Å². The zero-order valence-corrected chi connectivity index (χ0v) is 16.1. The highest BCUT2D eigenvalue weighted by atomic mass is 35.5. The first-order chi connectivity index (χ1) is 13.5. The summed E-state index contributed by atoms with van der Waals surface area (Å²) in [4.78, 5) is 34.7. The second kappa shape index (κ2) is 10.9. The molecule has 0 aliphatic rings. The van der Waals surface area contributed by atoms with Gasteiger partial charge in [-0.2, -0.15) is 0 Å². The van der Waals surface area contributed by atoms with Crippen molar-refractivity contribution in [2.24, 2.45) is 0 Å². The van der Waals surface area contributed by atoms with Crippen LogP contribution in [0.15, 0.2) is 48.5 Å². The molecule has 0 heterocycles. The molecule has 2 aromatic rings. The summed E-state index contributed by atoms with van der Waals surface area (Å²) in [6.45, 7) is 0.0609. The van der Waals surface area contributed by atoms with Gasteiger partial charge in [-0.25, -0.2) is 0 Å². The molecule has 148 valence electrons. The highest BCUT2D eigenvalue weighted by Crippen LogP contribution is 2.17. The molecule has 28 heavy (non-hydrogen) atoms. The van der Waals surface area contributed by atoms with Gasteiger partial charge in [-0.3, -0.25) is 14.4 Å². The quantitative estimate of drug-likeness (QED) is 0.626. The van der Waals surface area contributed by atoms with Crippen molar-refractivity contribution in [1.82, 2.24) is 5.32 Å². The van der Waals surface area contributed by atoms with E-state index in [1.54, 1.807) is 48.5 Å². The molecule has 0 aromatic heterocycles. The monoisotopic (exact) mass is 404 g/mol. The molecule has 0 aliphatic heterocycles. The maximum Gasteiger partial charge on any atom is 0.325 e. The molecule has 2 amide bonds. The van der Waals surface area contributed by atoms with Gasteiger partial charge >= 0.3 is 5.97 Å². The number of carbonyl (C=O) groups excluding carboxylic acids is 3. The second-order valence-electron chi connectivity index (χ2n) is 5.83. The molecule has 0 saturated heterocycles. The standard InChI is InChI=1S/C20H21ClN2O5/c1-27-20(26)13-22-19(25)11-14-5-7-16(8-6-14)23-18(24)9-10-28-17-4-2-3-15(21)12-17/h2-8,12H,9-11,13H2,1H3,(H,22,25)(H,23,24). The largest absolute Gasteiger partial charge is 0.493 e. The molecule has 0 fully saturated rings. The minimum absolute atomic E-state index is 0.124. The summed E-state index contributed by atoms with van der Waals surface area (Å²) in [6, 6.07) is 13.8. The molecule has 2 aromatic carbocycles. The average molecular weight is 405 g/mol. The summed E-state index contributed by atoms with van der Waals surface area (Å²) in [5, 5.41) is 5.79. The number of esters is 1. The van der Waals surface area contributed by atoms with Gasteiger partial charge in [0.15, 0.2) is 0 Å². The topological polar surface area (TPSA) is 93.7 Å². The molecule has 0 aliphatic carbocycles. The minimum Gasteiger partial charge on any atom is -0.493 e. The number of nitrogens with one attached hydrogen (secondary N) is 2. The van der Waals surface area contributed by atoms with Gasteiger partial charge in [-0.05, 0) is 35.9 Å². The molecule has 0 unspecified atom stereocenters. The van der Waals surface area contributed by atoms with Gasteiger partial charge in [-0.15, -0.1) is 0 Å². The second-order valence-corrected chi connectivity index (χ2v) is 6.27. The molecule has 0 spiro atoms. The lowest BCUT2D eigenvalue weighted by atomic mass is 10.1. The van der Waals surface area contributed by atoms with E-state index < -0.39 is 5.97 Å². The zero-order valence-electron chi connectivity index (χ0n) is 15.4. The summed E-state index contributed by atoms with van der Waals surface area (Å²) >= 11 is 5.87. The molecule has 0 atom stereocenters. The number of anilines is 1. The fourth-order valence-electron chi connectivity index (χ4n) is 2.24. The van der Waals surface area contributed by atoms with Crippen molar-refractivity contribution in [3.8, 4) is 5.75 Å². The Bertz CT molecular complexity index is 824. The summed E-state index contributed by atoms with van der Waals surface area (Å²) < 4.78 is 9.94. The molecule has 0 bridgehead atoms. The van der Waals surface area contributed by atoms with E-state index in [0.29, 0.717) is 16.5 Å². The number of benzene rings is 2. The van der Waals surface area contributed by atoms with Crippen LogP contribution in [0, 0.1) is 0 Å². The number of hydrogen-bond donors (Lipinski definition) is 2. The van der Waals surface area contributed by atoms with Crippen LogP contribution in [0.2, 0.25) is 5.02 Å². The van der Waals surface area contributed by atoms with Crippen LogP contribution in [-0.4, -0.2) is 38.0 Å². The van der Waals surface area contributed by atoms with Crippen LogP contribution in [0.25, 0.3) is 0 Å². The van der Waals surface area contributed by atoms with Crippen molar-refractivity contribution in [2.45, 2.75) is 12.8 Å². The summed E-state index contributed by atoms with van der Waals surface area (Å²) in [5.74, 6) is -0.383. The molecular formula is C20H21ClN2O5. The van der Waals surface area contributed by atoms with E-state index in [9.17, 15) is 14.4 Å². The lowest BCUT2D eigenvalue weighted by Gasteiger charge is -2.08. The molecule has 2 rings (SSSR count). The summed E-state index contributed by atoms with van der Waals surface area (Å²) in [7, 11) is 1.25. The first kappa shape index (κ1) is 21.2. The Morgan fingerprint density at radius 2 is 1.79 bits per heavy atom. The fraction of sp³-hybridized carbons (Fsp3) is 0.250. The van der Waals surface area contributed by atoms with Gasteiger partial charge in [-0.1, -0.05) is 29.8 Å². The number of ether oxygens (including phenoxy) is 2. The lowest BCUT2D eigenvalue weighted by molar-refractivity contribution is -0.141. The molecular weight excluding hydrogens is 384 g/mol. The number of methoxy groups -OCH3 is 1. The third-order valence-corrected chi connectivity index (χ3v) is 3.89. The van der Waals surface area contributed by atoms with Gasteiger partial charge in [0.05, 0.1) is 26.6 Å². The van der Waals surface area contributed by atoms with Crippen LogP contribution < -0.4 is 15.4 Å². The Hall–Kier alpha value is -3.06. The maximum absolute atomic E-state index is 12.0. The fourth-order valence-corrected chi connectivity index (χ4v) is 2.42. The van der Waals surface area contributed by atoms with Crippen molar-refractivity contribution in [3.63, 3.8) is 0 Å². The number of amides is 2. The van der Waals surface area contributed by atoms with E-state index in [-0.39, 0.29) is 37.8 Å². The van der Waals surface area contributed by atoms with Crippen LogP contribution >= 0.6 is 11.6 Å². The van der Waals surface area contributed by atoms with Gasteiger partial charge in [0.1, 0.15) is 12.3 Å². The molecule has 8 heteroatoms. The Morgan fingerprint density at radius 1 is 1.04 bits per heavy atom. The normalized spacial score (nSPS) is 10.1. The van der Waals surface area contributed by atoms with Crippen LogP contribution in [0.5, 0.6) is 5.75 Å². The Balaban J connectivity index is 1.73. The first-order valence-electron chi connectivity index (χ1n) is 8.57. The van der Waals surface area contributed by atoms with Crippen molar-refractivity contribution in [2.75, 3.05) is 25.6 Å². The van der Waals surface area contributed by atoms with Gasteiger partial charge in [0, 0.05) is 10.7 Å². The van der Waals surface area contributed by atoms with Crippen LogP contribution in [-0.2, 0) is 25.5 Å². The lowest BCUT2D eigenvalue weighted by Crippen LogP contribution is -2.31. The first-order valence-corrected chi connectivity index (χ1v) is 8.94. The summed E-state index contributed by atoms with van der Waals surface area (Å²) in [5.41, 5.74) is 1.37. The number of rotatable bonds is 9. The highest BCUT2D eigenvalue weighted by Gasteiger charge is 2.07. The highest BCUT2D eigenvalue weighted by molar-refractivity contribution is 6.30. The zero-order chi connectivity index (χ0) is 20.4. The predicted octanol–water partition coefficient (Wildman–Crippen LogP) is 2.58. The Kier molecular flexibility index (Phi) is 8.30. The van der Waals surface area contributed by atoms with E-state index in [1.165, 1.54) is 7.11 Å². The average Bonchev–Trinajstić information content (AvgIpc) is 2.67. The SMILES string of the molecule is COC(=O)CNC(=O)Cc1ccc(NC(=O)CCOc2cccc(Cl)c2)cc1. The predicted molar refractivity (Wildman–Crippen MR) is 105 cm³/mol. The molecule has 7 nitrogen and oxygen atoms in total. The van der Waals surface area contributed by atoms with Crippen molar-refractivity contribution < 1.29 is 23.9 Å². The van der Waals surface area contributed by atoms with Gasteiger partial charge in [0.2, 0.25) is 11.8 Å². The van der Waals surface area contributed by atoms with Crippen LogP contribution in [0.3, 0.4) is 0 Å². The van der Waals surface area contributed by atoms with Gasteiger partial charge in [0.25, 0.3) is 0 Å². The number of hydrogen-bond acceptors (Lipinski definition) is 5. The molecule has 0 radical (unpaired) electrons. The van der Waals surface area contributed by atoms with Gasteiger partial charge < -0.3 is 20.1 Å². The third kappa shape index (κ3) is 7.67. The van der Waals surface area contributed by atoms with E-state index in [0.717, 1.165) is 5.56 Å². The van der Waals surface area contributed by atoms with Crippen molar-refractivity contribution in [3.05, 3.63) is 59.1 Å². The van der Waals surface area contributed by atoms with E-state index in [1.807, 2.05) is 0 Å². The molecule has 2 N–H and O–H groups in total. The van der Waals surface area contributed by atoms with Crippen LogP contribution in [0.1, 0.15) is 12.0 Å². The Morgan fingerprint density at radius 3 is 2.46 bits per heavy atom.